The van der Waals surface area contributed by atoms with Crippen molar-refractivity contribution in [2.45, 2.75) is 38.8 Å². The van der Waals surface area contributed by atoms with Crippen molar-refractivity contribution >= 4 is 16.9 Å². The standard InChI is InChI=1S/C12H20N4S/c1-11-4-9-17-12(15-11)14-5-2-3-7-16-8-6-13-10-16/h6,8,10-11H,2-5,7,9H2,1H3,(H,14,15). The van der Waals surface area contributed by atoms with Crippen molar-refractivity contribution in [1.29, 1.82) is 0 Å². The van der Waals surface area contributed by atoms with Gasteiger partial charge in [0.15, 0.2) is 5.17 Å². The van der Waals surface area contributed by atoms with E-state index in [0.717, 1.165) is 31.1 Å². The van der Waals surface area contributed by atoms with E-state index < -0.39 is 0 Å². The lowest BCUT2D eigenvalue weighted by molar-refractivity contribution is 0.610. The minimum absolute atomic E-state index is 0.584. The summed E-state index contributed by atoms with van der Waals surface area (Å²) in [5.74, 6) is 1.20. The van der Waals surface area contributed by atoms with Gasteiger partial charge in [0.05, 0.1) is 6.33 Å². The van der Waals surface area contributed by atoms with Gasteiger partial charge in [-0.2, -0.15) is 0 Å². The molecule has 0 aliphatic carbocycles. The zero-order valence-electron chi connectivity index (χ0n) is 10.3. The molecular formula is C12H20N4S. The van der Waals surface area contributed by atoms with Crippen LogP contribution in [0.4, 0.5) is 0 Å². The van der Waals surface area contributed by atoms with E-state index in [0.29, 0.717) is 6.04 Å². The van der Waals surface area contributed by atoms with E-state index in [1.54, 1.807) is 0 Å². The predicted octanol–water partition coefficient (Wildman–Crippen LogP) is 2.13. The molecule has 17 heavy (non-hydrogen) atoms. The Balaban J connectivity index is 1.60. The molecule has 1 atom stereocenters. The molecule has 1 aliphatic heterocycles. The Bertz CT molecular complexity index is 347. The summed E-state index contributed by atoms with van der Waals surface area (Å²) < 4.78 is 2.11. The summed E-state index contributed by atoms with van der Waals surface area (Å²) in [7, 11) is 0. The van der Waals surface area contributed by atoms with Gasteiger partial charge in [-0.1, -0.05) is 11.8 Å². The minimum atomic E-state index is 0.584. The maximum atomic E-state index is 4.60. The van der Waals surface area contributed by atoms with Gasteiger partial charge in [0.2, 0.25) is 0 Å². The van der Waals surface area contributed by atoms with Crippen LogP contribution in [0.25, 0.3) is 0 Å². The van der Waals surface area contributed by atoms with Crippen LogP contribution in [0.3, 0.4) is 0 Å². The van der Waals surface area contributed by atoms with Gasteiger partial charge in [-0.15, -0.1) is 0 Å². The lowest BCUT2D eigenvalue weighted by Gasteiger charge is -2.21. The second kappa shape index (κ2) is 6.69. The van der Waals surface area contributed by atoms with E-state index in [4.69, 9.17) is 0 Å². The number of amidine groups is 1. The van der Waals surface area contributed by atoms with Gasteiger partial charge in [-0.3, -0.25) is 4.99 Å². The number of aryl methyl sites for hydroxylation is 1. The average molecular weight is 252 g/mol. The fourth-order valence-electron chi connectivity index (χ4n) is 1.75. The van der Waals surface area contributed by atoms with Crippen molar-refractivity contribution in [2.24, 2.45) is 4.99 Å². The molecule has 0 amide bonds. The molecular weight excluding hydrogens is 232 g/mol. The number of unbranched alkanes of at least 4 members (excludes halogenated alkanes) is 1. The third-order valence-corrected chi connectivity index (χ3v) is 3.76. The first kappa shape index (κ1) is 12.5. The third-order valence-electron chi connectivity index (χ3n) is 2.80. The van der Waals surface area contributed by atoms with E-state index in [9.17, 15) is 0 Å². The first-order valence-electron chi connectivity index (χ1n) is 6.24. The van der Waals surface area contributed by atoms with E-state index >= 15 is 0 Å². The monoisotopic (exact) mass is 252 g/mol. The second-order valence-corrected chi connectivity index (χ2v) is 5.46. The molecule has 1 unspecified atom stereocenters. The minimum Gasteiger partial charge on any atom is -0.362 e. The summed E-state index contributed by atoms with van der Waals surface area (Å²) in [5.41, 5.74) is 0. The molecule has 5 heteroatoms. The zero-order valence-corrected chi connectivity index (χ0v) is 11.1. The van der Waals surface area contributed by atoms with Gasteiger partial charge < -0.3 is 9.88 Å². The molecule has 0 saturated carbocycles. The average Bonchev–Trinajstić information content (AvgIpc) is 2.82. The SMILES string of the molecule is CC1CCSC(=NCCCCn2ccnc2)N1. The summed E-state index contributed by atoms with van der Waals surface area (Å²) in [6, 6.07) is 0.584. The smallest absolute Gasteiger partial charge is 0.156 e. The van der Waals surface area contributed by atoms with Gasteiger partial charge in [0.1, 0.15) is 0 Å². The second-order valence-electron chi connectivity index (χ2n) is 4.38. The molecule has 1 fully saturated rings. The number of rotatable bonds is 5. The number of aliphatic imine (C=N–C) groups is 1. The Kier molecular flexibility index (Phi) is 4.91. The van der Waals surface area contributed by atoms with Crippen LogP contribution in [-0.2, 0) is 6.54 Å². The Morgan fingerprint density at radius 2 is 2.53 bits per heavy atom. The Morgan fingerprint density at radius 1 is 1.59 bits per heavy atom. The molecule has 0 spiro atoms. The first-order valence-corrected chi connectivity index (χ1v) is 7.22. The van der Waals surface area contributed by atoms with Crippen molar-refractivity contribution in [3.05, 3.63) is 18.7 Å². The topological polar surface area (TPSA) is 42.2 Å². The number of nitrogens with one attached hydrogen (secondary N) is 1. The maximum Gasteiger partial charge on any atom is 0.156 e. The number of imidazole rings is 1. The van der Waals surface area contributed by atoms with Crippen molar-refractivity contribution in [1.82, 2.24) is 14.9 Å². The molecule has 0 bridgehead atoms. The van der Waals surface area contributed by atoms with Gasteiger partial charge in [0.25, 0.3) is 0 Å². The third kappa shape index (κ3) is 4.42. The van der Waals surface area contributed by atoms with E-state index in [1.165, 1.54) is 12.2 Å². The molecule has 1 saturated heterocycles. The molecule has 1 N–H and O–H groups in total. The molecule has 1 aromatic rings. The van der Waals surface area contributed by atoms with Crippen molar-refractivity contribution in [2.75, 3.05) is 12.3 Å². The highest BCUT2D eigenvalue weighted by molar-refractivity contribution is 8.13. The van der Waals surface area contributed by atoms with Crippen molar-refractivity contribution < 1.29 is 0 Å². The normalized spacial score (nSPS) is 22.6. The summed E-state index contributed by atoms with van der Waals surface area (Å²) in [5, 5.41) is 4.55. The largest absolute Gasteiger partial charge is 0.362 e. The van der Waals surface area contributed by atoms with Crippen LogP contribution in [0.15, 0.2) is 23.7 Å². The lowest BCUT2D eigenvalue weighted by atomic mass is 10.3. The Labute approximate surface area is 107 Å². The van der Waals surface area contributed by atoms with Crippen LogP contribution in [0.2, 0.25) is 0 Å². The number of thioether (sulfide) groups is 1. The Hall–Kier alpha value is -0.970. The summed E-state index contributed by atoms with van der Waals surface area (Å²) >= 11 is 1.85. The number of aromatic nitrogens is 2. The molecule has 1 aromatic heterocycles. The maximum absolute atomic E-state index is 4.60. The van der Waals surface area contributed by atoms with Gasteiger partial charge in [-0.25, -0.2) is 4.98 Å². The van der Waals surface area contributed by atoms with Crippen LogP contribution < -0.4 is 5.32 Å². The van der Waals surface area contributed by atoms with Gasteiger partial charge in [0, 0.05) is 37.3 Å². The first-order chi connectivity index (χ1) is 8.34. The number of hydrogen-bond donors (Lipinski definition) is 1. The van der Waals surface area contributed by atoms with E-state index in [1.807, 2.05) is 30.5 Å². The van der Waals surface area contributed by atoms with Crippen molar-refractivity contribution in [3.63, 3.8) is 0 Å². The molecule has 0 radical (unpaired) electrons. The fraction of sp³-hybridized carbons (Fsp3) is 0.667. The highest BCUT2D eigenvalue weighted by atomic mass is 32.2. The molecule has 4 nitrogen and oxygen atoms in total. The molecule has 2 heterocycles. The predicted molar refractivity (Wildman–Crippen MR) is 73.4 cm³/mol. The van der Waals surface area contributed by atoms with Crippen molar-refractivity contribution in [3.8, 4) is 0 Å². The summed E-state index contributed by atoms with van der Waals surface area (Å²) in [6.07, 6.45) is 9.23. The fourth-order valence-corrected chi connectivity index (χ4v) is 2.89. The van der Waals surface area contributed by atoms with E-state index in [2.05, 4.69) is 26.8 Å². The highest BCUT2D eigenvalue weighted by Gasteiger charge is 2.12. The quantitative estimate of drug-likeness (QED) is 0.816. The molecule has 0 aromatic carbocycles. The van der Waals surface area contributed by atoms with E-state index in [-0.39, 0.29) is 0 Å². The van der Waals surface area contributed by atoms with Gasteiger partial charge >= 0.3 is 0 Å². The van der Waals surface area contributed by atoms with Gasteiger partial charge in [-0.05, 0) is 26.2 Å². The number of nitrogens with zero attached hydrogens (tertiary/aromatic N) is 3. The van der Waals surface area contributed by atoms with Crippen LogP contribution >= 0.6 is 11.8 Å². The molecule has 1 aliphatic rings. The molecule has 2 rings (SSSR count). The lowest BCUT2D eigenvalue weighted by Crippen LogP contribution is -2.35. The summed E-state index contributed by atoms with van der Waals surface area (Å²) in [6.45, 7) is 4.19. The molecule has 94 valence electrons. The van der Waals surface area contributed by atoms with Crippen LogP contribution in [-0.4, -0.2) is 33.1 Å². The van der Waals surface area contributed by atoms with Crippen LogP contribution in [0.1, 0.15) is 26.2 Å². The summed E-state index contributed by atoms with van der Waals surface area (Å²) in [4.78, 5) is 8.62. The van der Waals surface area contributed by atoms with Crippen LogP contribution in [0, 0.1) is 0 Å². The highest BCUT2D eigenvalue weighted by Crippen LogP contribution is 2.13. The zero-order chi connectivity index (χ0) is 11.9. The number of hydrogen-bond acceptors (Lipinski definition) is 3. The van der Waals surface area contributed by atoms with Crippen LogP contribution in [0.5, 0.6) is 0 Å². The Morgan fingerprint density at radius 3 is 3.29 bits per heavy atom.